The zero-order valence-electron chi connectivity index (χ0n) is 10.4. The minimum Gasteiger partial charge on any atom is -0.282 e. The van der Waals surface area contributed by atoms with E-state index in [4.69, 9.17) is 11.6 Å². The number of nitrogens with zero attached hydrogens (tertiary/aromatic N) is 3. The van der Waals surface area contributed by atoms with Gasteiger partial charge < -0.3 is 0 Å². The molecule has 92 valence electrons. The van der Waals surface area contributed by atoms with Crippen LogP contribution in [0.3, 0.4) is 0 Å². The van der Waals surface area contributed by atoms with Crippen molar-refractivity contribution in [2.75, 3.05) is 0 Å². The minimum atomic E-state index is 0.766. The van der Waals surface area contributed by atoms with E-state index in [1.165, 1.54) is 11.1 Å². The Morgan fingerprint density at radius 3 is 2.94 bits per heavy atom. The van der Waals surface area contributed by atoms with Gasteiger partial charge in [-0.15, -0.1) is 10.2 Å². The van der Waals surface area contributed by atoms with E-state index in [2.05, 4.69) is 27.8 Å². The smallest absolute Gasteiger partial charge is 0.141 e. The molecule has 0 unspecified atom stereocenters. The summed E-state index contributed by atoms with van der Waals surface area (Å²) in [5, 5.41) is 9.17. The summed E-state index contributed by atoms with van der Waals surface area (Å²) in [6.07, 6.45) is 4.03. The molecular weight excluding hydrogens is 246 g/mol. The first-order valence-corrected chi connectivity index (χ1v) is 6.48. The van der Waals surface area contributed by atoms with Gasteiger partial charge in [0, 0.05) is 17.0 Å². The van der Waals surface area contributed by atoms with Crippen molar-refractivity contribution < 1.29 is 0 Å². The summed E-state index contributed by atoms with van der Waals surface area (Å²) in [5.41, 5.74) is 3.63. The van der Waals surface area contributed by atoms with Gasteiger partial charge in [0.1, 0.15) is 11.6 Å². The second-order valence-electron chi connectivity index (χ2n) is 4.45. The molecule has 1 aromatic carbocycles. The maximum absolute atomic E-state index is 6.13. The summed E-state index contributed by atoms with van der Waals surface area (Å²) in [7, 11) is 0. The largest absolute Gasteiger partial charge is 0.282 e. The maximum atomic E-state index is 6.13. The predicted octanol–water partition coefficient (Wildman–Crippen LogP) is 3.58. The molecule has 4 heteroatoms. The average Bonchev–Trinajstić information content (AvgIpc) is 2.65. The molecule has 1 aliphatic heterocycles. The molecule has 0 saturated carbocycles. The first-order valence-electron chi connectivity index (χ1n) is 6.11. The van der Waals surface area contributed by atoms with E-state index >= 15 is 0 Å². The van der Waals surface area contributed by atoms with Crippen LogP contribution in [0.5, 0.6) is 0 Å². The van der Waals surface area contributed by atoms with Crippen molar-refractivity contribution in [3.05, 3.63) is 46.5 Å². The summed E-state index contributed by atoms with van der Waals surface area (Å²) < 4.78 is 2.12. The molecule has 0 radical (unpaired) electrons. The van der Waals surface area contributed by atoms with Gasteiger partial charge in [0.25, 0.3) is 0 Å². The second-order valence-corrected chi connectivity index (χ2v) is 4.88. The molecule has 0 amide bonds. The quantitative estimate of drug-likeness (QED) is 0.784. The lowest BCUT2D eigenvalue weighted by atomic mass is 10.0. The van der Waals surface area contributed by atoms with Crippen LogP contribution < -0.4 is 0 Å². The minimum absolute atomic E-state index is 0.766. The van der Waals surface area contributed by atoms with Gasteiger partial charge in [-0.05, 0) is 37.1 Å². The first-order chi connectivity index (χ1) is 8.70. The number of aryl methyl sites for hydroxylation is 1. The highest BCUT2D eigenvalue weighted by Gasteiger charge is 2.18. The molecule has 0 atom stereocenters. The van der Waals surface area contributed by atoms with E-state index in [0.29, 0.717) is 0 Å². The molecule has 0 saturated heterocycles. The van der Waals surface area contributed by atoms with Gasteiger partial charge in [0.05, 0.1) is 5.69 Å². The van der Waals surface area contributed by atoms with E-state index in [9.17, 15) is 0 Å². The van der Waals surface area contributed by atoms with E-state index in [1.807, 2.05) is 25.1 Å². The van der Waals surface area contributed by atoms with Gasteiger partial charge in [-0.25, -0.2) is 0 Å². The van der Waals surface area contributed by atoms with Crippen LogP contribution in [-0.2, 0) is 6.42 Å². The number of rotatable bonds is 1. The van der Waals surface area contributed by atoms with Crippen molar-refractivity contribution >= 4 is 17.2 Å². The topological polar surface area (TPSA) is 30.7 Å². The Balaban J connectivity index is 2.33. The molecule has 0 bridgehead atoms. The van der Waals surface area contributed by atoms with Gasteiger partial charge in [-0.3, -0.25) is 4.57 Å². The highest BCUT2D eigenvalue weighted by molar-refractivity contribution is 6.30. The van der Waals surface area contributed by atoms with E-state index < -0.39 is 0 Å². The van der Waals surface area contributed by atoms with E-state index in [1.54, 1.807) is 0 Å². The zero-order valence-corrected chi connectivity index (χ0v) is 11.2. The van der Waals surface area contributed by atoms with Crippen molar-refractivity contribution in [2.24, 2.45) is 0 Å². The van der Waals surface area contributed by atoms with Crippen molar-refractivity contribution in [1.82, 2.24) is 14.8 Å². The number of hydrogen-bond acceptors (Lipinski definition) is 2. The van der Waals surface area contributed by atoms with Gasteiger partial charge in [0.2, 0.25) is 0 Å². The Bertz CT molecular complexity index is 640. The number of aromatic nitrogens is 3. The SMILES string of the molecule is CCC1=CCc2nnc(C)n2-c2ccc(Cl)cc21. The number of hydrogen-bond donors (Lipinski definition) is 0. The number of benzene rings is 1. The normalized spacial score (nSPS) is 13.6. The number of allylic oxidation sites excluding steroid dienone is 2. The lowest BCUT2D eigenvalue weighted by Crippen LogP contribution is -2.03. The molecule has 18 heavy (non-hydrogen) atoms. The third kappa shape index (κ3) is 1.66. The fourth-order valence-corrected chi connectivity index (χ4v) is 2.64. The number of fused-ring (bicyclic) bond motifs is 3. The molecule has 2 aromatic rings. The summed E-state index contributed by atoms with van der Waals surface area (Å²) >= 11 is 6.13. The van der Waals surface area contributed by atoms with E-state index in [0.717, 1.165) is 35.2 Å². The highest BCUT2D eigenvalue weighted by Crippen LogP contribution is 2.32. The Morgan fingerprint density at radius 1 is 1.33 bits per heavy atom. The molecule has 1 aliphatic rings. The Labute approximate surface area is 111 Å². The van der Waals surface area contributed by atoms with Gasteiger partial charge in [-0.2, -0.15) is 0 Å². The van der Waals surface area contributed by atoms with Crippen LogP contribution in [0.4, 0.5) is 0 Å². The molecule has 2 heterocycles. The van der Waals surface area contributed by atoms with Crippen LogP contribution in [0.25, 0.3) is 11.3 Å². The lowest BCUT2D eigenvalue weighted by molar-refractivity contribution is 0.909. The predicted molar refractivity (Wildman–Crippen MR) is 73.1 cm³/mol. The third-order valence-corrected chi connectivity index (χ3v) is 3.58. The van der Waals surface area contributed by atoms with Crippen LogP contribution in [0.15, 0.2) is 24.3 Å². The van der Waals surface area contributed by atoms with Crippen molar-refractivity contribution in [1.29, 1.82) is 0 Å². The summed E-state index contributed by atoms with van der Waals surface area (Å²) in [5.74, 6) is 1.90. The molecule has 1 aromatic heterocycles. The standard InChI is InChI=1S/C14H14ClN3/c1-3-10-4-7-14-17-16-9(2)18(14)13-6-5-11(15)8-12(10)13/h4-6,8H,3,7H2,1-2H3. The average molecular weight is 260 g/mol. The Morgan fingerprint density at radius 2 is 2.17 bits per heavy atom. The van der Waals surface area contributed by atoms with Crippen LogP contribution in [-0.4, -0.2) is 14.8 Å². The summed E-state index contributed by atoms with van der Waals surface area (Å²) in [4.78, 5) is 0. The molecular formula is C14H14ClN3. The summed E-state index contributed by atoms with van der Waals surface area (Å²) in [6.45, 7) is 4.14. The fourth-order valence-electron chi connectivity index (χ4n) is 2.47. The van der Waals surface area contributed by atoms with Crippen molar-refractivity contribution in [3.8, 4) is 5.69 Å². The highest BCUT2D eigenvalue weighted by atomic mass is 35.5. The first kappa shape index (κ1) is 11.5. The molecule has 0 aliphatic carbocycles. The fraction of sp³-hybridized carbons (Fsp3) is 0.286. The monoisotopic (exact) mass is 259 g/mol. The van der Waals surface area contributed by atoms with Gasteiger partial charge >= 0.3 is 0 Å². The maximum Gasteiger partial charge on any atom is 0.141 e. The van der Waals surface area contributed by atoms with Gasteiger partial charge in [0.15, 0.2) is 0 Å². The molecule has 3 rings (SSSR count). The van der Waals surface area contributed by atoms with Crippen molar-refractivity contribution in [2.45, 2.75) is 26.7 Å². The lowest BCUT2D eigenvalue weighted by Gasteiger charge is -2.12. The number of halogens is 1. The second kappa shape index (κ2) is 4.25. The van der Waals surface area contributed by atoms with Gasteiger partial charge in [-0.1, -0.05) is 24.6 Å². The molecule has 3 nitrogen and oxygen atoms in total. The molecule has 0 fully saturated rings. The molecule has 0 spiro atoms. The third-order valence-electron chi connectivity index (χ3n) is 3.35. The Kier molecular flexibility index (Phi) is 2.71. The van der Waals surface area contributed by atoms with Crippen LogP contribution in [0.2, 0.25) is 5.02 Å². The van der Waals surface area contributed by atoms with Crippen LogP contribution in [0, 0.1) is 6.92 Å². The summed E-state index contributed by atoms with van der Waals surface area (Å²) in [6, 6.07) is 6.00. The van der Waals surface area contributed by atoms with E-state index in [-0.39, 0.29) is 0 Å². The van der Waals surface area contributed by atoms with Crippen molar-refractivity contribution in [3.63, 3.8) is 0 Å². The van der Waals surface area contributed by atoms with Crippen LogP contribution in [0.1, 0.15) is 30.6 Å². The van der Waals surface area contributed by atoms with Crippen LogP contribution >= 0.6 is 11.6 Å². The molecule has 0 N–H and O–H groups in total. The Hall–Kier alpha value is -1.61. The zero-order chi connectivity index (χ0) is 12.7.